The number of hydrogen-bond donors (Lipinski definition) is 1. The Hall–Kier alpha value is -2.20. The second-order valence-electron chi connectivity index (χ2n) is 5.31. The summed E-state index contributed by atoms with van der Waals surface area (Å²) in [6, 6.07) is 14.2. The van der Waals surface area contributed by atoms with Crippen molar-refractivity contribution in [1.29, 1.82) is 0 Å². The Morgan fingerprint density at radius 1 is 1.23 bits per heavy atom. The van der Waals surface area contributed by atoms with E-state index in [1.165, 1.54) is 4.70 Å². The molecule has 2 aromatic carbocycles. The first-order valence-corrected chi connectivity index (χ1v) is 8.25. The summed E-state index contributed by atoms with van der Waals surface area (Å²) >= 11 is 1.69. The van der Waals surface area contributed by atoms with E-state index in [1.54, 1.807) is 11.3 Å². The molecule has 0 aliphatic heterocycles. The van der Waals surface area contributed by atoms with Crippen LogP contribution in [0.15, 0.2) is 42.5 Å². The number of aromatic nitrogens is 1. The summed E-state index contributed by atoms with van der Waals surface area (Å²) in [7, 11) is 0. The van der Waals surface area contributed by atoms with E-state index in [4.69, 9.17) is 0 Å². The molecular formula is C18H18N2OS. The Morgan fingerprint density at radius 2 is 2.05 bits per heavy atom. The fourth-order valence-corrected chi connectivity index (χ4v) is 3.33. The maximum atomic E-state index is 11.7. The van der Waals surface area contributed by atoms with E-state index in [1.807, 2.05) is 44.2 Å². The van der Waals surface area contributed by atoms with E-state index in [2.05, 4.69) is 22.4 Å². The van der Waals surface area contributed by atoms with Crippen molar-refractivity contribution in [2.24, 2.45) is 0 Å². The van der Waals surface area contributed by atoms with Crippen LogP contribution in [0.3, 0.4) is 0 Å². The van der Waals surface area contributed by atoms with Gasteiger partial charge < -0.3 is 5.32 Å². The largest absolute Gasteiger partial charge is 0.326 e. The summed E-state index contributed by atoms with van der Waals surface area (Å²) in [6.07, 6.45) is 1.41. The molecule has 0 saturated heterocycles. The third-order valence-corrected chi connectivity index (χ3v) is 4.60. The monoisotopic (exact) mass is 310 g/mol. The molecule has 0 radical (unpaired) electrons. The number of fused-ring (bicyclic) bond motifs is 1. The fourth-order valence-electron chi connectivity index (χ4n) is 2.37. The summed E-state index contributed by atoms with van der Waals surface area (Å²) in [5.74, 6) is 0.0679. The second kappa shape index (κ2) is 6.28. The molecular weight excluding hydrogens is 292 g/mol. The summed E-state index contributed by atoms with van der Waals surface area (Å²) in [4.78, 5) is 16.4. The Bertz CT molecular complexity index is 790. The number of para-hydroxylation sites is 1. The van der Waals surface area contributed by atoms with Crippen molar-refractivity contribution in [3.05, 3.63) is 48.0 Å². The van der Waals surface area contributed by atoms with Gasteiger partial charge in [-0.1, -0.05) is 19.1 Å². The highest BCUT2D eigenvalue weighted by atomic mass is 32.1. The van der Waals surface area contributed by atoms with Crippen molar-refractivity contribution < 1.29 is 4.79 Å². The zero-order chi connectivity index (χ0) is 15.5. The number of thiazole rings is 1. The number of rotatable bonds is 4. The zero-order valence-corrected chi connectivity index (χ0v) is 13.5. The number of carbonyl (C=O) groups is 1. The summed E-state index contributed by atoms with van der Waals surface area (Å²) in [6.45, 7) is 4.01. The van der Waals surface area contributed by atoms with Crippen LogP contribution in [0, 0.1) is 6.92 Å². The normalized spacial score (nSPS) is 10.8. The first-order valence-electron chi connectivity index (χ1n) is 7.44. The molecule has 1 amide bonds. The highest BCUT2D eigenvalue weighted by molar-refractivity contribution is 7.21. The molecule has 3 nitrogen and oxygen atoms in total. The first kappa shape index (κ1) is 14.7. The topological polar surface area (TPSA) is 42.0 Å². The van der Waals surface area contributed by atoms with Crippen LogP contribution < -0.4 is 5.32 Å². The smallest absolute Gasteiger partial charge is 0.224 e. The lowest BCUT2D eigenvalue weighted by Gasteiger charge is -2.09. The number of nitrogens with zero attached hydrogens (tertiary/aromatic N) is 1. The number of hydrogen-bond acceptors (Lipinski definition) is 3. The fraction of sp³-hybridized carbons (Fsp3) is 0.222. The number of amides is 1. The molecule has 112 valence electrons. The quantitative estimate of drug-likeness (QED) is 0.736. The van der Waals surface area contributed by atoms with Crippen molar-refractivity contribution in [3.8, 4) is 10.6 Å². The molecule has 0 spiro atoms. The second-order valence-corrected chi connectivity index (χ2v) is 6.35. The van der Waals surface area contributed by atoms with Crippen molar-refractivity contribution in [2.45, 2.75) is 26.7 Å². The van der Waals surface area contributed by atoms with Crippen molar-refractivity contribution in [1.82, 2.24) is 4.98 Å². The van der Waals surface area contributed by atoms with Crippen molar-refractivity contribution >= 4 is 33.1 Å². The minimum absolute atomic E-state index is 0.0679. The number of nitrogens with one attached hydrogen (secondary N) is 1. The number of carbonyl (C=O) groups excluding carboxylic acids is 1. The van der Waals surface area contributed by atoms with Crippen molar-refractivity contribution in [3.63, 3.8) is 0 Å². The third kappa shape index (κ3) is 3.02. The highest BCUT2D eigenvalue weighted by Gasteiger charge is 2.09. The standard InChI is InChI=1S/C18H18N2OS/c1-3-6-17(21)19-14-10-9-13(11-12(14)2)18-20-15-7-4-5-8-16(15)22-18/h4-5,7-11H,3,6H2,1-2H3,(H,19,21). The summed E-state index contributed by atoms with van der Waals surface area (Å²) < 4.78 is 1.19. The lowest BCUT2D eigenvalue weighted by Crippen LogP contribution is -2.11. The van der Waals surface area contributed by atoms with E-state index >= 15 is 0 Å². The predicted molar refractivity (Wildman–Crippen MR) is 93.3 cm³/mol. The van der Waals surface area contributed by atoms with Crippen LogP contribution in [-0.4, -0.2) is 10.9 Å². The average molecular weight is 310 g/mol. The van der Waals surface area contributed by atoms with Gasteiger partial charge in [-0.05, 0) is 49.2 Å². The predicted octanol–water partition coefficient (Wildman–Crippen LogP) is 5.01. The number of benzene rings is 2. The van der Waals surface area contributed by atoms with Gasteiger partial charge in [-0.2, -0.15) is 0 Å². The van der Waals surface area contributed by atoms with E-state index in [0.717, 1.165) is 33.8 Å². The van der Waals surface area contributed by atoms with Crippen LogP contribution in [0.4, 0.5) is 5.69 Å². The molecule has 3 aromatic rings. The van der Waals surface area contributed by atoms with Crippen LogP contribution >= 0.6 is 11.3 Å². The molecule has 4 heteroatoms. The van der Waals surface area contributed by atoms with E-state index in [9.17, 15) is 4.79 Å². The molecule has 0 aliphatic rings. The average Bonchev–Trinajstić information content (AvgIpc) is 2.93. The highest BCUT2D eigenvalue weighted by Crippen LogP contribution is 2.31. The Kier molecular flexibility index (Phi) is 4.20. The van der Waals surface area contributed by atoms with Crippen LogP contribution in [-0.2, 0) is 4.79 Å². The molecule has 3 rings (SSSR count). The van der Waals surface area contributed by atoms with Gasteiger partial charge in [0.05, 0.1) is 10.2 Å². The molecule has 22 heavy (non-hydrogen) atoms. The van der Waals surface area contributed by atoms with Gasteiger partial charge in [0.15, 0.2) is 0 Å². The molecule has 0 fully saturated rings. The zero-order valence-electron chi connectivity index (χ0n) is 12.7. The van der Waals surface area contributed by atoms with Gasteiger partial charge in [-0.3, -0.25) is 4.79 Å². The van der Waals surface area contributed by atoms with Gasteiger partial charge in [0.2, 0.25) is 5.91 Å². The van der Waals surface area contributed by atoms with Crippen LogP contribution in [0.25, 0.3) is 20.8 Å². The van der Waals surface area contributed by atoms with Gasteiger partial charge in [0.25, 0.3) is 0 Å². The van der Waals surface area contributed by atoms with E-state index in [-0.39, 0.29) is 5.91 Å². The number of anilines is 1. The van der Waals surface area contributed by atoms with Gasteiger partial charge in [0, 0.05) is 17.7 Å². The van der Waals surface area contributed by atoms with Gasteiger partial charge in [-0.15, -0.1) is 11.3 Å². The van der Waals surface area contributed by atoms with E-state index < -0.39 is 0 Å². The minimum Gasteiger partial charge on any atom is -0.326 e. The first-order chi connectivity index (χ1) is 10.7. The Morgan fingerprint density at radius 3 is 2.77 bits per heavy atom. The Labute approximate surface area is 134 Å². The third-order valence-electron chi connectivity index (χ3n) is 3.52. The summed E-state index contributed by atoms with van der Waals surface area (Å²) in [5, 5.41) is 3.97. The molecule has 1 heterocycles. The molecule has 0 atom stereocenters. The SMILES string of the molecule is CCCC(=O)Nc1ccc(-c2nc3ccccc3s2)cc1C. The van der Waals surface area contributed by atoms with Gasteiger partial charge in [-0.25, -0.2) is 4.98 Å². The van der Waals surface area contributed by atoms with E-state index in [0.29, 0.717) is 6.42 Å². The lowest BCUT2D eigenvalue weighted by atomic mass is 10.1. The molecule has 1 N–H and O–H groups in total. The maximum Gasteiger partial charge on any atom is 0.224 e. The molecule has 0 saturated carbocycles. The maximum absolute atomic E-state index is 11.7. The van der Waals surface area contributed by atoms with Gasteiger partial charge >= 0.3 is 0 Å². The summed E-state index contributed by atoms with van der Waals surface area (Å²) in [5.41, 5.74) is 4.05. The van der Waals surface area contributed by atoms with Crippen LogP contribution in [0.5, 0.6) is 0 Å². The van der Waals surface area contributed by atoms with Crippen molar-refractivity contribution in [2.75, 3.05) is 5.32 Å². The molecule has 0 aliphatic carbocycles. The Balaban J connectivity index is 1.89. The molecule has 1 aromatic heterocycles. The lowest BCUT2D eigenvalue weighted by molar-refractivity contribution is -0.116. The molecule has 0 unspecified atom stereocenters. The van der Waals surface area contributed by atoms with Gasteiger partial charge in [0.1, 0.15) is 5.01 Å². The number of aryl methyl sites for hydroxylation is 1. The molecule has 0 bridgehead atoms. The van der Waals surface area contributed by atoms with Crippen LogP contribution in [0.1, 0.15) is 25.3 Å². The van der Waals surface area contributed by atoms with Crippen LogP contribution in [0.2, 0.25) is 0 Å². The minimum atomic E-state index is 0.0679.